The minimum Gasteiger partial charge on any atom is -0.378 e. The normalized spacial score (nSPS) is 14.3. The smallest absolute Gasteiger partial charge is 0.224 e. The van der Waals surface area contributed by atoms with Gasteiger partial charge < -0.3 is 14.5 Å². The second-order valence-corrected chi connectivity index (χ2v) is 7.61. The highest BCUT2D eigenvalue weighted by Gasteiger charge is 2.19. The lowest BCUT2D eigenvalue weighted by Crippen LogP contribution is -2.42. The lowest BCUT2D eigenvalue weighted by Gasteiger charge is -2.28. The molecule has 2 aromatic rings. The number of carbonyl (C=O) groups excluding carboxylic acids is 1. The topological polar surface area (TPSA) is 58.6 Å². The first kappa shape index (κ1) is 20.7. The van der Waals surface area contributed by atoms with Crippen LogP contribution in [-0.4, -0.2) is 59.6 Å². The molecule has 1 saturated heterocycles. The highest BCUT2D eigenvalue weighted by molar-refractivity contribution is 7.09. The molecule has 0 bridgehead atoms. The quantitative estimate of drug-likeness (QED) is 0.640. The van der Waals surface area contributed by atoms with Gasteiger partial charge in [-0.05, 0) is 24.1 Å². The van der Waals surface area contributed by atoms with Gasteiger partial charge in [0.05, 0.1) is 13.2 Å². The van der Waals surface area contributed by atoms with E-state index in [9.17, 15) is 9.18 Å². The monoisotopic (exact) mass is 406 g/mol. The Bertz CT molecular complexity index is 747. The molecule has 0 radical (unpaired) electrons. The predicted molar refractivity (Wildman–Crippen MR) is 108 cm³/mol. The maximum atomic E-state index is 13.1. The number of halogens is 1. The zero-order chi connectivity index (χ0) is 19.8. The molecule has 0 spiro atoms. The summed E-state index contributed by atoms with van der Waals surface area (Å²) in [4.78, 5) is 21.2. The number of anilines is 1. The van der Waals surface area contributed by atoms with Crippen LogP contribution in [0.5, 0.6) is 0 Å². The minimum absolute atomic E-state index is 0.167. The highest BCUT2D eigenvalue weighted by Crippen LogP contribution is 2.20. The molecule has 8 heteroatoms. The third-order valence-electron chi connectivity index (χ3n) is 4.74. The lowest BCUT2D eigenvalue weighted by atomic mass is 10.1. The molecule has 1 aliphatic rings. The molecule has 152 valence electrons. The number of unbranched alkanes of at least 4 members (excludes halogenated alkanes) is 1. The van der Waals surface area contributed by atoms with Gasteiger partial charge in [0.15, 0.2) is 0 Å². The van der Waals surface area contributed by atoms with E-state index in [4.69, 9.17) is 4.74 Å². The summed E-state index contributed by atoms with van der Waals surface area (Å²) in [6, 6.07) is 6.42. The van der Waals surface area contributed by atoms with Gasteiger partial charge in [-0.1, -0.05) is 25.5 Å². The molecule has 3 rings (SSSR count). The second-order valence-electron chi connectivity index (χ2n) is 6.88. The fourth-order valence-corrected chi connectivity index (χ4v) is 3.82. The fourth-order valence-electron chi connectivity index (χ4n) is 3.08. The molecule has 0 N–H and O–H groups in total. The first-order valence-electron chi connectivity index (χ1n) is 9.83. The Balaban J connectivity index is 1.59. The highest BCUT2D eigenvalue weighted by atomic mass is 32.1. The van der Waals surface area contributed by atoms with Crippen molar-refractivity contribution in [2.24, 2.45) is 0 Å². The molecule has 6 nitrogen and oxygen atoms in total. The van der Waals surface area contributed by atoms with Crippen LogP contribution in [0.3, 0.4) is 0 Å². The standard InChI is InChI=1S/C20H27FN4O2S/c1-2-3-9-25(10-8-19(26)24-11-13-27-14-12-24)20-22-18(23-28-20)15-16-4-6-17(21)7-5-16/h4-7H,2-3,8-15H2,1H3. The summed E-state index contributed by atoms with van der Waals surface area (Å²) in [5.74, 6) is 0.653. The number of ether oxygens (including phenoxy) is 1. The summed E-state index contributed by atoms with van der Waals surface area (Å²) >= 11 is 1.36. The van der Waals surface area contributed by atoms with Gasteiger partial charge in [0.2, 0.25) is 11.0 Å². The first-order valence-corrected chi connectivity index (χ1v) is 10.6. The summed E-state index contributed by atoms with van der Waals surface area (Å²) < 4.78 is 22.8. The van der Waals surface area contributed by atoms with E-state index < -0.39 is 0 Å². The first-order chi connectivity index (χ1) is 13.7. The van der Waals surface area contributed by atoms with E-state index in [0.717, 1.165) is 35.9 Å². The molecular formula is C20H27FN4O2S. The fraction of sp³-hybridized carbons (Fsp3) is 0.550. The molecular weight excluding hydrogens is 379 g/mol. The van der Waals surface area contributed by atoms with Crippen LogP contribution in [0.1, 0.15) is 37.6 Å². The maximum absolute atomic E-state index is 13.1. The lowest BCUT2D eigenvalue weighted by molar-refractivity contribution is -0.135. The van der Waals surface area contributed by atoms with Gasteiger partial charge in [-0.3, -0.25) is 4.79 Å². The largest absolute Gasteiger partial charge is 0.378 e. The van der Waals surface area contributed by atoms with Crippen LogP contribution in [0, 0.1) is 5.82 Å². The van der Waals surface area contributed by atoms with Gasteiger partial charge >= 0.3 is 0 Å². The number of morpholine rings is 1. The average molecular weight is 407 g/mol. The van der Waals surface area contributed by atoms with Gasteiger partial charge in [-0.15, -0.1) is 0 Å². The Labute approximate surface area is 169 Å². The van der Waals surface area contributed by atoms with Crippen LogP contribution in [0.15, 0.2) is 24.3 Å². The van der Waals surface area contributed by atoms with Crippen LogP contribution in [0.2, 0.25) is 0 Å². The molecule has 0 saturated carbocycles. The van der Waals surface area contributed by atoms with Crippen molar-refractivity contribution in [2.45, 2.75) is 32.6 Å². The van der Waals surface area contributed by atoms with Gasteiger partial charge in [0.1, 0.15) is 11.6 Å². The summed E-state index contributed by atoms with van der Waals surface area (Å²) in [5.41, 5.74) is 0.980. The van der Waals surface area contributed by atoms with E-state index >= 15 is 0 Å². The van der Waals surface area contributed by atoms with E-state index in [0.29, 0.717) is 45.7 Å². The molecule has 1 amide bonds. The Hall–Kier alpha value is -2.06. The van der Waals surface area contributed by atoms with Crippen molar-refractivity contribution in [2.75, 3.05) is 44.3 Å². The number of rotatable bonds is 9. The molecule has 1 aromatic heterocycles. The van der Waals surface area contributed by atoms with Crippen LogP contribution in [0.25, 0.3) is 0 Å². The Kier molecular flexibility index (Phi) is 7.73. The summed E-state index contributed by atoms with van der Waals surface area (Å²) in [6.07, 6.45) is 3.16. The molecule has 0 aliphatic carbocycles. The van der Waals surface area contributed by atoms with Crippen molar-refractivity contribution >= 4 is 22.6 Å². The Morgan fingerprint density at radius 1 is 1.25 bits per heavy atom. The number of hydrogen-bond donors (Lipinski definition) is 0. The molecule has 1 fully saturated rings. The van der Waals surface area contributed by atoms with E-state index in [1.165, 1.54) is 23.7 Å². The van der Waals surface area contributed by atoms with Crippen LogP contribution < -0.4 is 4.90 Å². The number of carbonyl (C=O) groups is 1. The molecule has 2 heterocycles. The SMILES string of the molecule is CCCCN(CCC(=O)N1CCOCC1)c1nc(Cc2ccc(F)cc2)ns1. The van der Waals surface area contributed by atoms with E-state index in [1.54, 1.807) is 12.1 Å². The number of amides is 1. The minimum atomic E-state index is -0.244. The average Bonchev–Trinajstić information content (AvgIpc) is 3.18. The summed E-state index contributed by atoms with van der Waals surface area (Å²) in [5, 5.41) is 0.848. The van der Waals surface area contributed by atoms with E-state index in [2.05, 4.69) is 21.2 Å². The van der Waals surface area contributed by atoms with Gasteiger partial charge in [-0.25, -0.2) is 9.37 Å². The zero-order valence-corrected chi connectivity index (χ0v) is 17.1. The summed E-state index contributed by atoms with van der Waals surface area (Å²) in [7, 11) is 0. The molecule has 0 atom stereocenters. The van der Waals surface area contributed by atoms with Gasteiger partial charge in [0, 0.05) is 50.6 Å². The molecule has 1 aromatic carbocycles. The number of hydrogen-bond acceptors (Lipinski definition) is 6. The second kappa shape index (κ2) is 10.5. The summed E-state index contributed by atoms with van der Waals surface area (Å²) in [6.45, 7) is 6.24. The van der Waals surface area contributed by atoms with Gasteiger partial charge in [-0.2, -0.15) is 4.37 Å². The number of nitrogens with zero attached hydrogens (tertiary/aromatic N) is 4. The van der Waals surface area contributed by atoms with Crippen molar-refractivity contribution in [3.63, 3.8) is 0 Å². The van der Waals surface area contributed by atoms with E-state index in [1.807, 2.05) is 4.90 Å². The van der Waals surface area contributed by atoms with E-state index in [-0.39, 0.29) is 11.7 Å². The molecule has 0 unspecified atom stereocenters. The Morgan fingerprint density at radius 2 is 2.00 bits per heavy atom. The van der Waals surface area contributed by atoms with Crippen LogP contribution >= 0.6 is 11.5 Å². The van der Waals surface area contributed by atoms with Crippen molar-refractivity contribution in [1.29, 1.82) is 0 Å². The van der Waals surface area contributed by atoms with Crippen molar-refractivity contribution in [1.82, 2.24) is 14.3 Å². The number of benzene rings is 1. The Morgan fingerprint density at radius 3 is 2.71 bits per heavy atom. The number of aromatic nitrogens is 2. The third kappa shape index (κ3) is 5.97. The van der Waals surface area contributed by atoms with Crippen molar-refractivity contribution < 1.29 is 13.9 Å². The zero-order valence-electron chi connectivity index (χ0n) is 16.3. The van der Waals surface area contributed by atoms with Crippen molar-refractivity contribution in [3.8, 4) is 0 Å². The van der Waals surface area contributed by atoms with Crippen molar-refractivity contribution in [3.05, 3.63) is 41.5 Å². The third-order valence-corrected chi connectivity index (χ3v) is 5.56. The predicted octanol–water partition coefficient (Wildman–Crippen LogP) is 3.12. The van der Waals surface area contributed by atoms with Crippen LogP contribution in [-0.2, 0) is 16.0 Å². The van der Waals surface area contributed by atoms with Gasteiger partial charge in [0.25, 0.3) is 0 Å². The van der Waals surface area contributed by atoms with Crippen LogP contribution in [0.4, 0.5) is 9.52 Å². The molecule has 1 aliphatic heterocycles. The molecule has 28 heavy (non-hydrogen) atoms. The maximum Gasteiger partial charge on any atom is 0.224 e.